The van der Waals surface area contributed by atoms with Gasteiger partial charge in [-0.2, -0.15) is 0 Å². The van der Waals surface area contributed by atoms with Crippen molar-refractivity contribution in [3.05, 3.63) is 27.8 Å². The van der Waals surface area contributed by atoms with Gasteiger partial charge in [0.1, 0.15) is 37.6 Å². The van der Waals surface area contributed by atoms with E-state index in [1.807, 2.05) is 0 Å². The number of methoxy groups -OCH3 is 1. The van der Waals surface area contributed by atoms with E-state index in [0.29, 0.717) is 18.0 Å². The molecule has 9 nitrogen and oxygen atoms in total. The van der Waals surface area contributed by atoms with Crippen LogP contribution in [0.1, 0.15) is 10.4 Å². The minimum Gasteiger partial charge on any atom is -0.496 e. The fraction of sp³-hybridized carbons (Fsp3) is 0.588. The number of nitrogens with one attached hydrogen (secondary N) is 3. The van der Waals surface area contributed by atoms with E-state index in [1.54, 1.807) is 19.0 Å². The van der Waals surface area contributed by atoms with Gasteiger partial charge >= 0.3 is 0 Å². The van der Waals surface area contributed by atoms with Gasteiger partial charge in [-0.25, -0.2) is 0 Å². The number of likely N-dealkylation sites (N-methyl/N-ethyl adjacent to an activating group) is 1. The molecule has 1 amide bonds. The maximum atomic E-state index is 12.5. The molecule has 0 spiro atoms. The largest absolute Gasteiger partial charge is 0.496 e. The van der Waals surface area contributed by atoms with Gasteiger partial charge < -0.3 is 24.8 Å². The molecule has 1 heterocycles. The van der Waals surface area contributed by atoms with E-state index >= 15 is 0 Å². The summed E-state index contributed by atoms with van der Waals surface area (Å²) in [4.78, 5) is 28.0. The van der Waals surface area contributed by atoms with Gasteiger partial charge in [-0.15, -0.1) is 0 Å². The second-order valence-corrected chi connectivity index (χ2v) is 6.91. The van der Waals surface area contributed by atoms with Crippen molar-refractivity contribution in [3.63, 3.8) is 0 Å². The van der Waals surface area contributed by atoms with Crippen LogP contribution in [0.25, 0.3) is 0 Å². The smallest absolute Gasteiger partial charge is 0.293 e. The summed E-state index contributed by atoms with van der Waals surface area (Å²) in [5.41, 5.74) is 0.462. The highest BCUT2D eigenvalue weighted by molar-refractivity contribution is 5.98. The molecule has 9 heteroatoms. The van der Waals surface area contributed by atoms with Crippen molar-refractivity contribution in [2.24, 2.45) is 0 Å². The van der Waals surface area contributed by atoms with E-state index in [0.717, 1.165) is 32.7 Å². The average Bonchev–Trinajstić information content (AvgIpc) is 2.61. The molecule has 3 N–H and O–H groups in total. The second-order valence-electron chi connectivity index (χ2n) is 6.91. The summed E-state index contributed by atoms with van der Waals surface area (Å²) >= 11 is 0. The topological polar surface area (TPSA) is 93.6 Å². The summed E-state index contributed by atoms with van der Waals surface area (Å²) in [5, 5.41) is 14.2. The normalized spacial score (nSPS) is 19.7. The first-order valence-corrected chi connectivity index (χ1v) is 8.80. The molecule has 0 bridgehead atoms. The number of benzene rings is 1. The maximum absolute atomic E-state index is 12.5. The first-order valence-electron chi connectivity index (χ1n) is 8.80. The van der Waals surface area contributed by atoms with E-state index in [1.165, 1.54) is 29.0 Å². The van der Waals surface area contributed by atoms with E-state index in [-0.39, 0.29) is 17.2 Å². The third-order valence-electron chi connectivity index (χ3n) is 4.79. The summed E-state index contributed by atoms with van der Waals surface area (Å²) in [5.74, 6) is -0.0262. The van der Waals surface area contributed by atoms with Crippen LogP contribution in [-0.2, 0) is 0 Å². The fourth-order valence-corrected chi connectivity index (χ4v) is 3.14. The lowest BCUT2D eigenvalue weighted by molar-refractivity contribution is -1.00. The van der Waals surface area contributed by atoms with Crippen LogP contribution in [0.3, 0.4) is 0 Å². The molecule has 0 atom stereocenters. The first-order chi connectivity index (χ1) is 12.3. The molecule has 1 saturated heterocycles. The minimum atomic E-state index is -0.484. The van der Waals surface area contributed by atoms with E-state index in [4.69, 9.17) is 4.74 Å². The van der Waals surface area contributed by atoms with Crippen LogP contribution in [-0.4, -0.2) is 78.4 Å². The highest BCUT2D eigenvalue weighted by Crippen LogP contribution is 2.34. The molecular formula is C17H29N5O4+2. The van der Waals surface area contributed by atoms with E-state index < -0.39 is 4.92 Å². The van der Waals surface area contributed by atoms with Crippen LogP contribution < -0.4 is 24.8 Å². The lowest BCUT2D eigenvalue weighted by atomic mass is 10.1. The number of quaternary nitrogens is 2. The quantitative estimate of drug-likeness (QED) is 0.376. The lowest BCUT2D eigenvalue weighted by Gasteiger charge is -2.27. The summed E-state index contributed by atoms with van der Waals surface area (Å²) in [6.45, 7) is 5.82. The average molecular weight is 367 g/mol. The Labute approximate surface area is 153 Å². The Morgan fingerprint density at radius 3 is 2.50 bits per heavy atom. The van der Waals surface area contributed by atoms with E-state index in [9.17, 15) is 14.9 Å². The number of hydrogen-bond acceptors (Lipinski definition) is 5. The number of carbonyl (C=O) groups excluding carboxylic acids is 1. The Balaban J connectivity index is 2.07. The van der Waals surface area contributed by atoms with Crippen LogP contribution in [0, 0.1) is 10.1 Å². The number of ether oxygens (including phenoxy) is 1. The summed E-state index contributed by atoms with van der Waals surface area (Å²) in [6, 6.07) is 2.82. The molecule has 1 aliphatic rings. The fourth-order valence-electron chi connectivity index (χ4n) is 3.14. The zero-order chi connectivity index (χ0) is 19.3. The zero-order valence-electron chi connectivity index (χ0n) is 15.9. The summed E-state index contributed by atoms with van der Waals surface area (Å²) in [6.07, 6.45) is 0. The molecule has 1 aromatic carbocycles. The first kappa shape index (κ1) is 19.9. The van der Waals surface area contributed by atoms with Crippen molar-refractivity contribution >= 4 is 17.3 Å². The van der Waals surface area contributed by atoms with Gasteiger partial charge in [-0.05, 0) is 0 Å². The van der Waals surface area contributed by atoms with Crippen LogP contribution in [0.5, 0.6) is 5.75 Å². The van der Waals surface area contributed by atoms with Crippen LogP contribution in [0.15, 0.2) is 12.1 Å². The van der Waals surface area contributed by atoms with E-state index in [2.05, 4.69) is 12.4 Å². The van der Waals surface area contributed by atoms with Gasteiger partial charge in [-0.3, -0.25) is 14.9 Å². The molecule has 26 heavy (non-hydrogen) atoms. The number of nitrogens with zero attached hydrogens (tertiary/aromatic N) is 2. The van der Waals surface area contributed by atoms with Gasteiger partial charge in [0.2, 0.25) is 0 Å². The molecule has 0 unspecified atom stereocenters. The molecular weight excluding hydrogens is 338 g/mol. The predicted molar refractivity (Wildman–Crippen MR) is 98.5 cm³/mol. The van der Waals surface area contributed by atoms with Gasteiger partial charge in [0.25, 0.3) is 11.6 Å². The number of nitro groups is 1. The Morgan fingerprint density at radius 1 is 1.31 bits per heavy atom. The van der Waals surface area contributed by atoms with Crippen molar-refractivity contribution in [1.82, 2.24) is 5.32 Å². The number of nitro benzene ring substituents is 1. The predicted octanol–water partition coefficient (Wildman–Crippen LogP) is -2.19. The number of carbonyl (C=O) groups is 1. The zero-order valence-corrected chi connectivity index (χ0v) is 15.9. The minimum absolute atomic E-state index is 0.117. The Hall–Kier alpha value is -2.39. The molecule has 0 saturated carbocycles. The lowest BCUT2D eigenvalue weighted by Crippen LogP contribution is -3.27. The number of hydrogen-bond donors (Lipinski definition) is 3. The van der Waals surface area contributed by atoms with Crippen LogP contribution in [0.4, 0.5) is 11.4 Å². The third-order valence-corrected chi connectivity index (χ3v) is 4.79. The summed E-state index contributed by atoms with van der Waals surface area (Å²) < 4.78 is 5.28. The Morgan fingerprint density at radius 2 is 1.96 bits per heavy atom. The van der Waals surface area contributed by atoms with Gasteiger partial charge in [0.05, 0.1) is 37.7 Å². The molecule has 2 rings (SSSR count). The molecule has 1 aromatic rings. The summed E-state index contributed by atoms with van der Waals surface area (Å²) in [7, 11) is 7.06. The van der Waals surface area contributed by atoms with Crippen LogP contribution >= 0.6 is 0 Å². The van der Waals surface area contributed by atoms with Gasteiger partial charge in [0, 0.05) is 26.2 Å². The SMILES string of the molecule is COc1cc(N(C)C)c([N+](=O)[O-])cc1C(=O)NCC[NH+]1CC[NH+](C)CC1. The Kier molecular flexibility index (Phi) is 6.76. The highest BCUT2D eigenvalue weighted by Gasteiger charge is 2.24. The standard InChI is InChI=1S/C17H27N5O4/c1-19(2)14-12-16(26-4)13(11-15(14)22(24)25)17(23)18-5-6-21-9-7-20(3)8-10-21/h11-12H,5-10H2,1-4H3,(H,18,23)/p+2. The molecule has 0 aliphatic carbocycles. The van der Waals surface area contributed by atoms with Crippen LogP contribution in [0.2, 0.25) is 0 Å². The Bertz CT molecular complexity index is 657. The molecule has 0 radical (unpaired) electrons. The number of rotatable bonds is 7. The van der Waals surface area contributed by atoms with Crippen molar-refractivity contribution in [2.45, 2.75) is 0 Å². The van der Waals surface area contributed by atoms with Crippen molar-refractivity contribution in [2.75, 3.05) is 72.4 Å². The van der Waals surface area contributed by atoms with Crippen molar-refractivity contribution < 1.29 is 24.3 Å². The molecule has 0 aromatic heterocycles. The number of anilines is 1. The van der Waals surface area contributed by atoms with Crippen molar-refractivity contribution in [1.29, 1.82) is 0 Å². The second kappa shape index (κ2) is 8.81. The molecule has 1 aliphatic heterocycles. The number of amides is 1. The molecule has 1 fully saturated rings. The maximum Gasteiger partial charge on any atom is 0.293 e. The monoisotopic (exact) mass is 367 g/mol. The van der Waals surface area contributed by atoms with Crippen molar-refractivity contribution in [3.8, 4) is 5.75 Å². The third kappa shape index (κ3) is 4.83. The number of piperazine rings is 1. The van der Waals surface area contributed by atoms with Gasteiger partial charge in [0.15, 0.2) is 0 Å². The highest BCUT2D eigenvalue weighted by atomic mass is 16.6. The van der Waals surface area contributed by atoms with Gasteiger partial charge in [-0.1, -0.05) is 0 Å². The molecule has 144 valence electrons.